The zero-order valence-corrected chi connectivity index (χ0v) is 7.30. The Kier molecular flexibility index (Phi) is 1.74. The number of hydrogen-bond acceptors (Lipinski definition) is 2. The van der Waals surface area contributed by atoms with Gasteiger partial charge in [-0.25, -0.2) is 0 Å². The number of fused-ring (bicyclic) bond motifs is 1. The molecule has 0 aliphatic heterocycles. The molecule has 1 aromatic rings. The molecule has 0 saturated heterocycles. The molecule has 0 unspecified atom stereocenters. The predicted octanol–water partition coefficient (Wildman–Crippen LogP) is 1.99. The largest absolute Gasteiger partial charge is 0.506 e. The monoisotopic (exact) mass is 183 g/mol. The minimum absolute atomic E-state index is 0.0955. The van der Waals surface area contributed by atoms with Crippen molar-refractivity contribution in [3.8, 4) is 5.75 Å². The zero-order valence-electron chi connectivity index (χ0n) is 6.55. The van der Waals surface area contributed by atoms with Gasteiger partial charge in [0.05, 0.1) is 5.02 Å². The van der Waals surface area contributed by atoms with Crippen LogP contribution in [0.3, 0.4) is 0 Å². The van der Waals surface area contributed by atoms with Gasteiger partial charge in [0.1, 0.15) is 5.75 Å². The lowest BCUT2D eigenvalue weighted by atomic mass is 10.1. The number of benzene rings is 1. The lowest BCUT2D eigenvalue weighted by molar-refractivity contribution is 0.475. The molecule has 64 valence electrons. The highest BCUT2D eigenvalue weighted by atomic mass is 35.5. The highest BCUT2D eigenvalue weighted by Crippen LogP contribution is 2.38. The Hall–Kier alpha value is -0.730. The van der Waals surface area contributed by atoms with Gasteiger partial charge in [-0.2, -0.15) is 0 Å². The SMILES string of the molecule is N[C@H]1CCc2c1ccc(O)c2Cl. The predicted molar refractivity (Wildman–Crippen MR) is 48.4 cm³/mol. The third kappa shape index (κ3) is 0.993. The van der Waals surface area contributed by atoms with Gasteiger partial charge in [0, 0.05) is 6.04 Å². The van der Waals surface area contributed by atoms with Gasteiger partial charge in [-0.3, -0.25) is 0 Å². The Morgan fingerprint density at radius 2 is 2.25 bits per heavy atom. The molecule has 3 N–H and O–H groups in total. The molecule has 1 atom stereocenters. The quantitative estimate of drug-likeness (QED) is 0.646. The second-order valence-corrected chi connectivity index (χ2v) is 3.49. The molecule has 1 aromatic carbocycles. The van der Waals surface area contributed by atoms with Crippen LogP contribution in [-0.4, -0.2) is 5.11 Å². The van der Waals surface area contributed by atoms with E-state index in [0.717, 1.165) is 24.0 Å². The summed E-state index contributed by atoms with van der Waals surface area (Å²) >= 11 is 5.90. The first-order valence-corrected chi connectivity index (χ1v) is 4.34. The minimum atomic E-state index is 0.0955. The Labute approximate surface area is 76.0 Å². The molecule has 0 amide bonds. The molecular weight excluding hydrogens is 174 g/mol. The number of aromatic hydroxyl groups is 1. The van der Waals surface area contributed by atoms with Crippen LogP contribution < -0.4 is 5.73 Å². The maximum atomic E-state index is 9.30. The Morgan fingerprint density at radius 3 is 3.00 bits per heavy atom. The number of phenols is 1. The van der Waals surface area contributed by atoms with E-state index in [4.69, 9.17) is 17.3 Å². The highest BCUT2D eigenvalue weighted by Gasteiger charge is 2.22. The van der Waals surface area contributed by atoms with Gasteiger partial charge in [0.15, 0.2) is 0 Å². The molecule has 1 aliphatic carbocycles. The van der Waals surface area contributed by atoms with Crippen molar-refractivity contribution < 1.29 is 5.11 Å². The van der Waals surface area contributed by atoms with E-state index in [-0.39, 0.29) is 11.8 Å². The summed E-state index contributed by atoms with van der Waals surface area (Å²) < 4.78 is 0. The van der Waals surface area contributed by atoms with Crippen molar-refractivity contribution in [2.45, 2.75) is 18.9 Å². The molecule has 2 nitrogen and oxygen atoms in total. The van der Waals surface area contributed by atoms with Crippen molar-refractivity contribution in [2.24, 2.45) is 5.73 Å². The summed E-state index contributed by atoms with van der Waals surface area (Å²) in [6.07, 6.45) is 1.81. The van der Waals surface area contributed by atoms with Crippen LogP contribution in [0.4, 0.5) is 0 Å². The first-order valence-electron chi connectivity index (χ1n) is 3.96. The van der Waals surface area contributed by atoms with Crippen molar-refractivity contribution in [1.82, 2.24) is 0 Å². The van der Waals surface area contributed by atoms with E-state index in [0.29, 0.717) is 5.02 Å². The smallest absolute Gasteiger partial charge is 0.134 e. The van der Waals surface area contributed by atoms with Gasteiger partial charge < -0.3 is 10.8 Å². The maximum absolute atomic E-state index is 9.30. The number of rotatable bonds is 0. The summed E-state index contributed by atoms with van der Waals surface area (Å²) in [6, 6.07) is 3.55. The fourth-order valence-electron chi connectivity index (χ4n) is 1.68. The summed E-state index contributed by atoms with van der Waals surface area (Å²) in [5.74, 6) is 0.157. The Bertz CT molecular complexity index is 325. The van der Waals surface area contributed by atoms with E-state index in [2.05, 4.69) is 0 Å². The summed E-state index contributed by atoms with van der Waals surface area (Å²) in [5.41, 5.74) is 7.92. The van der Waals surface area contributed by atoms with E-state index in [1.54, 1.807) is 6.07 Å². The first-order chi connectivity index (χ1) is 5.70. The van der Waals surface area contributed by atoms with Crippen LogP contribution in [-0.2, 0) is 6.42 Å². The third-order valence-corrected chi connectivity index (χ3v) is 2.79. The zero-order chi connectivity index (χ0) is 8.72. The third-order valence-electron chi connectivity index (χ3n) is 2.36. The second-order valence-electron chi connectivity index (χ2n) is 3.11. The molecule has 12 heavy (non-hydrogen) atoms. The number of hydrogen-bond donors (Lipinski definition) is 2. The minimum Gasteiger partial charge on any atom is -0.506 e. The molecule has 1 aliphatic rings. The van der Waals surface area contributed by atoms with Crippen molar-refractivity contribution in [2.75, 3.05) is 0 Å². The van der Waals surface area contributed by atoms with E-state index >= 15 is 0 Å². The molecular formula is C9H10ClNO. The van der Waals surface area contributed by atoms with Crippen LogP contribution in [0.1, 0.15) is 23.6 Å². The van der Waals surface area contributed by atoms with Crippen LogP contribution in [0.15, 0.2) is 12.1 Å². The average molecular weight is 184 g/mol. The molecule has 0 fully saturated rings. The summed E-state index contributed by atoms with van der Waals surface area (Å²) in [4.78, 5) is 0. The van der Waals surface area contributed by atoms with Crippen LogP contribution in [0.5, 0.6) is 5.75 Å². The second kappa shape index (κ2) is 2.64. The van der Waals surface area contributed by atoms with E-state index in [1.165, 1.54) is 0 Å². The summed E-state index contributed by atoms with van der Waals surface area (Å²) in [5, 5.41) is 9.77. The highest BCUT2D eigenvalue weighted by molar-refractivity contribution is 6.32. The molecule has 3 heteroatoms. The van der Waals surface area contributed by atoms with Gasteiger partial charge in [0.2, 0.25) is 0 Å². The van der Waals surface area contributed by atoms with Crippen LogP contribution in [0, 0.1) is 0 Å². The van der Waals surface area contributed by atoms with Gasteiger partial charge in [0.25, 0.3) is 0 Å². The summed E-state index contributed by atoms with van der Waals surface area (Å²) in [6.45, 7) is 0. The normalized spacial score (nSPS) is 21.0. The van der Waals surface area contributed by atoms with Crippen molar-refractivity contribution in [1.29, 1.82) is 0 Å². The molecule has 0 spiro atoms. The molecule has 0 radical (unpaired) electrons. The number of halogens is 1. The van der Waals surface area contributed by atoms with E-state index in [1.807, 2.05) is 6.07 Å². The summed E-state index contributed by atoms with van der Waals surface area (Å²) in [7, 11) is 0. The Balaban J connectivity index is 2.60. The maximum Gasteiger partial charge on any atom is 0.134 e. The van der Waals surface area contributed by atoms with Crippen LogP contribution in [0.25, 0.3) is 0 Å². The van der Waals surface area contributed by atoms with Gasteiger partial charge in [-0.1, -0.05) is 17.7 Å². The lowest BCUT2D eigenvalue weighted by Gasteiger charge is -2.06. The van der Waals surface area contributed by atoms with Crippen LogP contribution in [0.2, 0.25) is 5.02 Å². The van der Waals surface area contributed by atoms with E-state index < -0.39 is 0 Å². The van der Waals surface area contributed by atoms with Gasteiger partial charge >= 0.3 is 0 Å². The fourth-order valence-corrected chi connectivity index (χ4v) is 1.95. The van der Waals surface area contributed by atoms with Gasteiger partial charge in [-0.15, -0.1) is 0 Å². The average Bonchev–Trinajstić information content (AvgIpc) is 2.41. The van der Waals surface area contributed by atoms with Crippen molar-refractivity contribution >= 4 is 11.6 Å². The number of nitrogens with two attached hydrogens (primary N) is 1. The lowest BCUT2D eigenvalue weighted by Crippen LogP contribution is -2.04. The van der Waals surface area contributed by atoms with Crippen molar-refractivity contribution in [3.05, 3.63) is 28.3 Å². The Morgan fingerprint density at radius 1 is 1.50 bits per heavy atom. The molecule has 0 aromatic heterocycles. The van der Waals surface area contributed by atoms with E-state index in [9.17, 15) is 5.11 Å². The van der Waals surface area contributed by atoms with Crippen LogP contribution >= 0.6 is 11.6 Å². The molecule has 0 bridgehead atoms. The van der Waals surface area contributed by atoms with Crippen molar-refractivity contribution in [3.63, 3.8) is 0 Å². The van der Waals surface area contributed by atoms with Gasteiger partial charge in [-0.05, 0) is 30.0 Å². The topological polar surface area (TPSA) is 46.2 Å². The fraction of sp³-hybridized carbons (Fsp3) is 0.333. The molecule has 0 heterocycles. The first kappa shape index (κ1) is 7.90. The standard InChI is InChI=1S/C9H10ClNO/c10-9-6-1-3-7(11)5(6)2-4-8(9)12/h2,4,7,12H,1,3,11H2/t7-/m0/s1. The molecule has 0 saturated carbocycles. The molecule has 2 rings (SSSR count). The number of phenolic OH excluding ortho intramolecular Hbond substituents is 1.